The zero-order valence-corrected chi connectivity index (χ0v) is 11.7. The van der Waals surface area contributed by atoms with Crippen molar-refractivity contribution < 1.29 is 9.59 Å². The standard InChI is InChI=1S/C16H17NO2/c1-11(9-10-16(2,3)4)17-14(18)12-7-5-6-8-13(12)15(17)19/h5-8,11H,1-4H3. The van der Waals surface area contributed by atoms with Gasteiger partial charge in [0.25, 0.3) is 11.8 Å². The third-order valence-electron chi connectivity index (χ3n) is 2.87. The molecule has 1 heterocycles. The van der Waals surface area contributed by atoms with Crippen molar-refractivity contribution in [1.82, 2.24) is 4.90 Å². The maximum absolute atomic E-state index is 12.2. The van der Waals surface area contributed by atoms with E-state index in [9.17, 15) is 9.59 Å². The number of rotatable bonds is 1. The molecule has 1 aromatic carbocycles. The Balaban J connectivity index is 2.31. The van der Waals surface area contributed by atoms with Crippen LogP contribution in [0.1, 0.15) is 48.4 Å². The van der Waals surface area contributed by atoms with Crippen LogP contribution in [0.15, 0.2) is 24.3 Å². The van der Waals surface area contributed by atoms with Crippen LogP contribution >= 0.6 is 0 Å². The molecule has 0 radical (unpaired) electrons. The first kappa shape index (κ1) is 13.4. The molecular formula is C16H17NO2. The van der Waals surface area contributed by atoms with E-state index in [-0.39, 0.29) is 17.2 Å². The van der Waals surface area contributed by atoms with Gasteiger partial charge in [0.05, 0.1) is 17.2 Å². The lowest BCUT2D eigenvalue weighted by molar-refractivity contribution is 0.0630. The summed E-state index contributed by atoms with van der Waals surface area (Å²) in [7, 11) is 0. The van der Waals surface area contributed by atoms with E-state index in [1.54, 1.807) is 31.2 Å². The number of fused-ring (bicyclic) bond motifs is 1. The van der Waals surface area contributed by atoms with Gasteiger partial charge in [-0.05, 0) is 39.8 Å². The van der Waals surface area contributed by atoms with Crippen LogP contribution in [0.25, 0.3) is 0 Å². The minimum atomic E-state index is -0.411. The number of amides is 2. The molecule has 3 heteroatoms. The molecule has 1 unspecified atom stereocenters. The number of nitrogens with zero attached hydrogens (tertiary/aromatic N) is 1. The van der Waals surface area contributed by atoms with Crippen LogP contribution < -0.4 is 0 Å². The lowest BCUT2D eigenvalue weighted by atomic mass is 9.97. The number of benzene rings is 1. The minimum Gasteiger partial charge on any atom is -0.269 e. The SMILES string of the molecule is CC(C#CC(C)(C)C)N1C(=O)c2ccccc2C1=O. The van der Waals surface area contributed by atoms with Crippen molar-refractivity contribution in [1.29, 1.82) is 0 Å². The summed E-state index contributed by atoms with van der Waals surface area (Å²) in [6, 6.07) is 6.48. The van der Waals surface area contributed by atoms with Crippen LogP contribution in [-0.2, 0) is 0 Å². The monoisotopic (exact) mass is 255 g/mol. The zero-order chi connectivity index (χ0) is 14.2. The molecule has 1 aliphatic rings. The number of imide groups is 1. The van der Waals surface area contributed by atoms with Gasteiger partial charge in [0.1, 0.15) is 0 Å². The minimum absolute atomic E-state index is 0.146. The molecule has 3 nitrogen and oxygen atoms in total. The summed E-state index contributed by atoms with van der Waals surface area (Å²) in [6.07, 6.45) is 0. The summed E-state index contributed by atoms with van der Waals surface area (Å²) in [5.74, 6) is 5.56. The van der Waals surface area contributed by atoms with E-state index in [4.69, 9.17) is 0 Å². The van der Waals surface area contributed by atoms with Crippen LogP contribution in [-0.4, -0.2) is 22.8 Å². The van der Waals surface area contributed by atoms with Gasteiger partial charge >= 0.3 is 0 Å². The topological polar surface area (TPSA) is 37.4 Å². The second-order valence-corrected chi connectivity index (χ2v) is 5.72. The van der Waals surface area contributed by atoms with E-state index < -0.39 is 6.04 Å². The van der Waals surface area contributed by atoms with Gasteiger partial charge in [0.15, 0.2) is 0 Å². The number of carbonyl (C=O) groups excluding carboxylic acids is 2. The fourth-order valence-electron chi connectivity index (χ4n) is 1.95. The molecule has 98 valence electrons. The molecule has 2 rings (SSSR count). The molecule has 0 aliphatic carbocycles. The number of carbonyl (C=O) groups is 2. The van der Waals surface area contributed by atoms with Gasteiger partial charge in [0.2, 0.25) is 0 Å². The van der Waals surface area contributed by atoms with Crippen molar-refractivity contribution in [2.45, 2.75) is 33.7 Å². The van der Waals surface area contributed by atoms with Crippen LogP contribution in [0.3, 0.4) is 0 Å². The smallest absolute Gasteiger partial charge is 0.262 e. The van der Waals surface area contributed by atoms with Gasteiger partial charge in [0, 0.05) is 5.41 Å². The molecule has 0 fully saturated rings. The third-order valence-corrected chi connectivity index (χ3v) is 2.87. The Morgan fingerprint density at radius 1 is 1.05 bits per heavy atom. The molecule has 1 atom stereocenters. The molecular weight excluding hydrogens is 238 g/mol. The lowest BCUT2D eigenvalue weighted by Crippen LogP contribution is -2.37. The van der Waals surface area contributed by atoms with Crippen molar-refractivity contribution in [3.8, 4) is 11.8 Å². The Morgan fingerprint density at radius 3 is 1.95 bits per heavy atom. The largest absolute Gasteiger partial charge is 0.269 e. The molecule has 1 aromatic rings. The van der Waals surface area contributed by atoms with Crippen molar-refractivity contribution in [3.63, 3.8) is 0 Å². The van der Waals surface area contributed by atoms with Crippen LogP contribution in [0.2, 0.25) is 0 Å². The van der Waals surface area contributed by atoms with E-state index >= 15 is 0 Å². The molecule has 0 spiro atoms. The summed E-state index contributed by atoms with van der Waals surface area (Å²) in [6.45, 7) is 7.76. The second kappa shape index (κ2) is 4.55. The third kappa shape index (κ3) is 2.53. The van der Waals surface area contributed by atoms with E-state index in [1.165, 1.54) is 4.90 Å². The summed E-state index contributed by atoms with van der Waals surface area (Å²) < 4.78 is 0. The fourth-order valence-corrected chi connectivity index (χ4v) is 1.95. The molecule has 0 saturated carbocycles. The maximum atomic E-state index is 12.2. The van der Waals surface area contributed by atoms with Crippen molar-refractivity contribution >= 4 is 11.8 Å². The summed E-state index contributed by atoms with van der Waals surface area (Å²) in [5.41, 5.74) is 0.793. The van der Waals surface area contributed by atoms with Gasteiger partial charge < -0.3 is 0 Å². The Bertz CT molecular complexity index is 564. The Labute approximate surface area is 113 Å². The zero-order valence-electron chi connectivity index (χ0n) is 11.7. The summed E-state index contributed by atoms with van der Waals surface area (Å²) in [4.78, 5) is 25.7. The van der Waals surface area contributed by atoms with Crippen molar-refractivity contribution in [3.05, 3.63) is 35.4 Å². The predicted octanol–water partition coefficient (Wildman–Crippen LogP) is 2.72. The highest BCUT2D eigenvalue weighted by Gasteiger charge is 2.37. The average Bonchev–Trinajstić information content (AvgIpc) is 2.59. The first-order valence-electron chi connectivity index (χ1n) is 6.31. The van der Waals surface area contributed by atoms with E-state index in [1.807, 2.05) is 20.8 Å². The second-order valence-electron chi connectivity index (χ2n) is 5.72. The molecule has 0 N–H and O–H groups in total. The maximum Gasteiger partial charge on any atom is 0.262 e. The Hall–Kier alpha value is -2.08. The average molecular weight is 255 g/mol. The van der Waals surface area contributed by atoms with Crippen molar-refractivity contribution in [2.75, 3.05) is 0 Å². The Kier molecular flexibility index (Phi) is 3.20. The number of hydrogen-bond donors (Lipinski definition) is 0. The fraction of sp³-hybridized carbons (Fsp3) is 0.375. The lowest BCUT2D eigenvalue weighted by Gasteiger charge is -2.18. The van der Waals surface area contributed by atoms with E-state index in [2.05, 4.69) is 11.8 Å². The normalized spacial score (nSPS) is 15.9. The predicted molar refractivity (Wildman–Crippen MR) is 73.6 cm³/mol. The van der Waals surface area contributed by atoms with Gasteiger partial charge in [-0.3, -0.25) is 14.5 Å². The summed E-state index contributed by atoms with van der Waals surface area (Å²) >= 11 is 0. The van der Waals surface area contributed by atoms with Gasteiger partial charge in [-0.1, -0.05) is 24.0 Å². The molecule has 0 saturated heterocycles. The molecule has 0 aromatic heterocycles. The quantitative estimate of drug-likeness (QED) is 0.571. The van der Waals surface area contributed by atoms with Crippen LogP contribution in [0.4, 0.5) is 0 Å². The van der Waals surface area contributed by atoms with E-state index in [0.29, 0.717) is 11.1 Å². The summed E-state index contributed by atoms with van der Waals surface area (Å²) in [5, 5.41) is 0. The molecule has 19 heavy (non-hydrogen) atoms. The first-order chi connectivity index (χ1) is 8.81. The number of hydrogen-bond acceptors (Lipinski definition) is 2. The van der Waals surface area contributed by atoms with Gasteiger partial charge in [-0.15, -0.1) is 0 Å². The van der Waals surface area contributed by atoms with Crippen LogP contribution in [0, 0.1) is 17.3 Å². The highest BCUT2D eigenvalue weighted by Crippen LogP contribution is 2.24. The first-order valence-corrected chi connectivity index (χ1v) is 6.31. The molecule has 2 amide bonds. The molecule has 1 aliphatic heterocycles. The van der Waals surface area contributed by atoms with Gasteiger partial charge in [-0.25, -0.2) is 0 Å². The molecule has 0 bridgehead atoms. The van der Waals surface area contributed by atoms with Gasteiger partial charge in [-0.2, -0.15) is 0 Å². The highest BCUT2D eigenvalue weighted by molar-refractivity contribution is 6.21. The highest BCUT2D eigenvalue weighted by atomic mass is 16.2. The van der Waals surface area contributed by atoms with E-state index in [0.717, 1.165) is 0 Å². The Morgan fingerprint density at radius 2 is 1.53 bits per heavy atom. The van der Waals surface area contributed by atoms with Crippen LogP contribution in [0.5, 0.6) is 0 Å². The van der Waals surface area contributed by atoms with Crippen molar-refractivity contribution in [2.24, 2.45) is 5.41 Å².